The minimum Gasteiger partial charge on any atom is -0.497 e. The van der Waals surface area contributed by atoms with Crippen LogP contribution in [0.5, 0.6) is 11.5 Å². The van der Waals surface area contributed by atoms with Gasteiger partial charge in [0, 0.05) is 12.6 Å². The zero-order valence-electron chi connectivity index (χ0n) is 12.0. The number of hydrogen-bond donors (Lipinski definition) is 2. The van der Waals surface area contributed by atoms with Gasteiger partial charge in [0.2, 0.25) is 0 Å². The number of hydrogen-bond acceptors (Lipinski definition) is 4. The van der Waals surface area contributed by atoms with Crippen LogP contribution in [0.4, 0.5) is 10.1 Å². The highest BCUT2D eigenvalue weighted by molar-refractivity contribution is 5.50. The molecule has 0 fully saturated rings. The number of halogens is 1. The van der Waals surface area contributed by atoms with E-state index < -0.39 is 11.9 Å². The highest BCUT2D eigenvalue weighted by Crippen LogP contribution is 2.23. The molecule has 2 aromatic rings. The summed E-state index contributed by atoms with van der Waals surface area (Å²) in [5, 5.41) is 13.0. The predicted octanol–water partition coefficient (Wildman–Crippen LogP) is 2.99. The molecular weight excluding hydrogens is 273 g/mol. The fourth-order valence-corrected chi connectivity index (χ4v) is 1.94. The lowest BCUT2D eigenvalue weighted by Gasteiger charge is -2.15. The van der Waals surface area contributed by atoms with Crippen molar-refractivity contribution in [3.8, 4) is 11.5 Å². The zero-order chi connectivity index (χ0) is 15.2. The Bertz CT molecular complexity index is 604. The number of nitrogens with one attached hydrogen (secondary N) is 1. The third-order valence-corrected chi connectivity index (χ3v) is 3.14. The Labute approximate surface area is 123 Å². The van der Waals surface area contributed by atoms with Crippen molar-refractivity contribution in [1.29, 1.82) is 0 Å². The SMILES string of the molecule is COc1cccc(C(O)CNc2cc(OC)ccc2F)c1. The van der Waals surface area contributed by atoms with Crippen LogP contribution in [0, 0.1) is 5.82 Å². The second-order valence-corrected chi connectivity index (χ2v) is 4.52. The quantitative estimate of drug-likeness (QED) is 0.859. The molecular formula is C16H18FNO3. The van der Waals surface area contributed by atoms with Crippen molar-refractivity contribution >= 4 is 5.69 Å². The smallest absolute Gasteiger partial charge is 0.146 e. The van der Waals surface area contributed by atoms with Crippen molar-refractivity contribution < 1.29 is 19.0 Å². The Balaban J connectivity index is 2.05. The molecule has 0 heterocycles. The summed E-state index contributed by atoms with van der Waals surface area (Å²) in [6.07, 6.45) is -0.772. The van der Waals surface area contributed by atoms with Crippen LogP contribution < -0.4 is 14.8 Å². The van der Waals surface area contributed by atoms with Gasteiger partial charge in [0.15, 0.2) is 0 Å². The Kier molecular flexibility index (Phi) is 5.00. The van der Waals surface area contributed by atoms with E-state index in [-0.39, 0.29) is 12.2 Å². The average molecular weight is 291 g/mol. The largest absolute Gasteiger partial charge is 0.497 e. The molecule has 1 atom stereocenters. The lowest BCUT2D eigenvalue weighted by molar-refractivity contribution is 0.191. The molecule has 2 aromatic carbocycles. The van der Waals surface area contributed by atoms with Crippen LogP contribution in [0.2, 0.25) is 0 Å². The van der Waals surface area contributed by atoms with E-state index in [0.717, 1.165) is 0 Å². The normalized spacial score (nSPS) is 11.8. The maximum Gasteiger partial charge on any atom is 0.146 e. The molecule has 1 unspecified atom stereocenters. The maximum atomic E-state index is 13.7. The van der Waals surface area contributed by atoms with Gasteiger partial charge in [-0.3, -0.25) is 0 Å². The van der Waals surface area contributed by atoms with E-state index in [4.69, 9.17) is 9.47 Å². The second kappa shape index (κ2) is 6.95. The number of aliphatic hydroxyl groups excluding tert-OH is 1. The van der Waals surface area contributed by atoms with E-state index in [9.17, 15) is 9.50 Å². The van der Waals surface area contributed by atoms with E-state index in [1.807, 2.05) is 0 Å². The van der Waals surface area contributed by atoms with Gasteiger partial charge >= 0.3 is 0 Å². The molecule has 0 radical (unpaired) electrons. The molecule has 5 heteroatoms. The first kappa shape index (κ1) is 15.1. The lowest BCUT2D eigenvalue weighted by atomic mass is 10.1. The van der Waals surface area contributed by atoms with Crippen LogP contribution in [0.15, 0.2) is 42.5 Å². The van der Waals surface area contributed by atoms with Crippen molar-refractivity contribution in [3.05, 3.63) is 53.8 Å². The Morgan fingerprint density at radius 2 is 1.81 bits per heavy atom. The molecule has 0 aliphatic heterocycles. The van der Waals surface area contributed by atoms with Crippen molar-refractivity contribution in [2.45, 2.75) is 6.10 Å². The minimum absolute atomic E-state index is 0.178. The highest BCUT2D eigenvalue weighted by Gasteiger charge is 2.10. The van der Waals surface area contributed by atoms with E-state index in [1.165, 1.54) is 13.2 Å². The van der Waals surface area contributed by atoms with Crippen LogP contribution in [0.1, 0.15) is 11.7 Å². The van der Waals surface area contributed by atoms with Crippen molar-refractivity contribution in [2.75, 3.05) is 26.1 Å². The molecule has 0 aliphatic rings. The van der Waals surface area contributed by atoms with Crippen molar-refractivity contribution in [1.82, 2.24) is 0 Å². The molecule has 2 rings (SSSR count). The first-order valence-electron chi connectivity index (χ1n) is 6.53. The number of aliphatic hydroxyl groups is 1. The number of methoxy groups -OCH3 is 2. The third-order valence-electron chi connectivity index (χ3n) is 3.14. The summed E-state index contributed by atoms with van der Waals surface area (Å²) in [6.45, 7) is 0.178. The summed E-state index contributed by atoms with van der Waals surface area (Å²) in [6, 6.07) is 11.5. The lowest BCUT2D eigenvalue weighted by Crippen LogP contribution is -2.13. The third kappa shape index (κ3) is 3.86. The maximum absolute atomic E-state index is 13.7. The van der Waals surface area contributed by atoms with Gasteiger partial charge in [-0.2, -0.15) is 0 Å². The summed E-state index contributed by atoms with van der Waals surface area (Å²) >= 11 is 0. The molecule has 0 amide bonds. The molecule has 21 heavy (non-hydrogen) atoms. The number of benzene rings is 2. The summed E-state index contributed by atoms with van der Waals surface area (Å²) in [7, 11) is 3.08. The van der Waals surface area contributed by atoms with Gasteiger partial charge in [0.05, 0.1) is 26.0 Å². The molecule has 0 bridgehead atoms. The van der Waals surface area contributed by atoms with Crippen molar-refractivity contribution in [2.24, 2.45) is 0 Å². The molecule has 0 saturated heterocycles. The Morgan fingerprint density at radius 3 is 2.52 bits per heavy atom. The van der Waals surface area contributed by atoms with Gasteiger partial charge in [-0.25, -0.2) is 4.39 Å². The summed E-state index contributed by atoms with van der Waals surface area (Å²) < 4.78 is 23.8. The Morgan fingerprint density at radius 1 is 1.10 bits per heavy atom. The molecule has 0 aliphatic carbocycles. The fourth-order valence-electron chi connectivity index (χ4n) is 1.94. The van der Waals surface area contributed by atoms with E-state index >= 15 is 0 Å². The average Bonchev–Trinajstić information content (AvgIpc) is 2.53. The summed E-state index contributed by atoms with van der Waals surface area (Å²) in [5.74, 6) is 0.822. The van der Waals surface area contributed by atoms with Crippen LogP contribution >= 0.6 is 0 Å². The minimum atomic E-state index is -0.772. The Hall–Kier alpha value is -2.27. The standard InChI is InChI=1S/C16H18FNO3/c1-20-12-5-3-4-11(8-12)16(19)10-18-15-9-13(21-2)6-7-14(15)17/h3-9,16,18-19H,10H2,1-2H3. The van der Waals surface area contributed by atoms with Gasteiger partial charge in [-0.15, -0.1) is 0 Å². The molecule has 0 saturated carbocycles. The summed E-state index contributed by atoms with van der Waals surface area (Å²) in [4.78, 5) is 0. The molecule has 0 aromatic heterocycles. The first-order valence-corrected chi connectivity index (χ1v) is 6.53. The topological polar surface area (TPSA) is 50.7 Å². The van der Waals surface area contributed by atoms with Gasteiger partial charge in [-0.1, -0.05) is 12.1 Å². The molecule has 4 nitrogen and oxygen atoms in total. The van der Waals surface area contributed by atoms with Crippen LogP contribution in [0.25, 0.3) is 0 Å². The summed E-state index contributed by atoms with van der Waals surface area (Å²) in [5.41, 5.74) is 0.987. The first-order chi connectivity index (χ1) is 10.1. The van der Waals surface area contributed by atoms with E-state index in [0.29, 0.717) is 17.1 Å². The monoisotopic (exact) mass is 291 g/mol. The van der Waals surface area contributed by atoms with E-state index in [2.05, 4.69) is 5.32 Å². The molecule has 112 valence electrons. The second-order valence-electron chi connectivity index (χ2n) is 4.52. The van der Waals surface area contributed by atoms with Gasteiger partial charge in [-0.05, 0) is 29.8 Å². The van der Waals surface area contributed by atoms with Crippen LogP contribution in [-0.2, 0) is 0 Å². The number of ether oxygens (including phenoxy) is 2. The van der Waals surface area contributed by atoms with Crippen LogP contribution in [-0.4, -0.2) is 25.9 Å². The van der Waals surface area contributed by atoms with Crippen LogP contribution in [0.3, 0.4) is 0 Å². The molecule has 0 spiro atoms. The van der Waals surface area contributed by atoms with Gasteiger partial charge in [0.25, 0.3) is 0 Å². The van der Waals surface area contributed by atoms with Gasteiger partial charge in [0.1, 0.15) is 17.3 Å². The molecule has 2 N–H and O–H groups in total. The number of anilines is 1. The van der Waals surface area contributed by atoms with Gasteiger partial charge < -0.3 is 19.9 Å². The van der Waals surface area contributed by atoms with E-state index in [1.54, 1.807) is 43.5 Å². The highest BCUT2D eigenvalue weighted by atomic mass is 19.1. The number of rotatable bonds is 6. The zero-order valence-corrected chi connectivity index (χ0v) is 12.0. The van der Waals surface area contributed by atoms with Crippen molar-refractivity contribution in [3.63, 3.8) is 0 Å². The fraction of sp³-hybridized carbons (Fsp3) is 0.250. The predicted molar refractivity (Wildman–Crippen MR) is 79.4 cm³/mol.